The number of aryl methyl sites for hydroxylation is 1. The summed E-state index contributed by atoms with van der Waals surface area (Å²) < 4.78 is 46.9. The van der Waals surface area contributed by atoms with Crippen molar-refractivity contribution in [2.45, 2.75) is 37.6 Å². The molecule has 0 amide bonds. The highest BCUT2D eigenvalue weighted by Crippen LogP contribution is 2.36. The minimum absolute atomic E-state index is 0.00779. The van der Waals surface area contributed by atoms with Gasteiger partial charge in [-0.2, -0.15) is 13.2 Å². The first-order valence-corrected chi connectivity index (χ1v) is 10.6. The van der Waals surface area contributed by atoms with E-state index in [9.17, 15) is 23.1 Å². The van der Waals surface area contributed by atoms with Crippen LogP contribution in [0.15, 0.2) is 35.4 Å². The van der Waals surface area contributed by atoms with Gasteiger partial charge in [-0.3, -0.25) is 9.36 Å². The van der Waals surface area contributed by atoms with E-state index in [1.165, 1.54) is 43.1 Å². The number of fused-ring (bicyclic) bond motifs is 1. The van der Waals surface area contributed by atoms with Gasteiger partial charge in [0, 0.05) is 38.7 Å². The average molecular weight is 472 g/mol. The maximum absolute atomic E-state index is 13.4. The first-order chi connectivity index (χ1) is 16.1. The monoisotopic (exact) mass is 472 g/mol. The summed E-state index contributed by atoms with van der Waals surface area (Å²) in [6, 6.07) is 4.42. The number of hydrogen-bond donors (Lipinski definition) is 2. The number of nitrogens with one attached hydrogen (secondary N) is 1. The Kier molecular flexibility index (Phi) is 6.10. The molecule has 0 saturated carbocycles. The Balaban J connectivity index is 1.83. The Morgan fingerprint density at radius 3 is 2.65 bits per heavy atom. The van der Waals surface area contributed by atoms with E-state index < -0.39 is 28.9 Å². The summed E-state index contributed by atoms with van der Waals surface area (Å²) in [5.74, 6) is 2.72. The van der Waals surface area contributed by atoms with E-state index in [1.807, 2.05) is 0 Å². The molecule has 1 fully saturated rings. The molecular weight excluding hydrogens is 449 g/mol. The summed E-state index contributed by atoms with van der Waals surface area (Å²) in [4.78, 5) is 21.4. The van der Waals surface area contributed by atoms with Crippen LogP contribution < -0.4 is 10.9 Å². The molecule has 1 atom stereocenters. The second-order valence-electron chi connectivity index (χ2n) is 8.29. The fourth-order valence-corrected chi connectivity index (χ4v) is 4.32. The summed E-state index contributed by atoms with van der Waals surface area (Å²) >= 11 is 0. The second kappa shape index (κ2) is 8.74. The molecule has 1 aromatic carbocycles. The number of aromatic nitrogens is 3. The van der Waals surface area contributed by atoms with Gasteiger partial charge in [0.1, 0.15) is 23.8 Å². The minimum atomic E-state index is -4.52. The number of benzene rings is 1. The predicted molar refractivity (Wildman–Crippen MR) is 120 cm³/mol. The zero-order chi connectivity index (χ0) is 24.7. The van der Waals surface area contributed by atoms with Gasteiger partial charge in [-0.1, -0.05) is 18.1 Å². The van der Waals surface area contributed by atoms with Crippen LogP contribution in [0, 0.1) is 19.3 Å². The smallest absolute Gasteiger partial charge is 0.385 e. The first-order valence-electron chi connectivity index (χ1n) is 10.6. The lowest BCUT2D eigenvalue weighted by atomic mass is 9.86. The number of terminal acetylenes is 1. The third-order valence-electron chi connectivity index (χ3n) is 6.27. The van der Waals surface area contributed by atoms with Gasteiger partial charge in [0.05, 0.1) is 16.6 Å². The number of ether oxygens (including phenoxy) is 1. The van der Waals surface area contributed by atoms with Crippen molar-refractivity contribution in [3.8, 4) is 12.3 Å². The van der Waals surface area contributed by atoms with Crippen LogP contribution in [0.2, 0.25) is 0 Å². The van der Waals surface area contributed by atoms with E-state index in [0.717, 1.165) is 6.07 Å². The van der Waals surface area contributed by atoms with Crippen LogP contribution in [0.25, 0.3) is 11.0 Å². The van der Waals surface area contributed by atoms with E-state index in [-0.39, 0.29) is 35.3 Å². The van der Waals surface area contributed by atoms with Crippen molar-refractivity contribution >= 4 is 16.9 Å². The topological polar surface area (TPSA) is 89.3 Å². The highest BCUT2D eigenvalue weighted by atomic mass is 19.4. The standard InChI is InChI=1S/C24H23F3N4O3/c1-4-19(15-6-5-7-17(14(15)2)24(25,26)27)30-20-16-12-18(23(33)8-10-34-11-9-23)22(32)31(3)21(16)29-13-28-20/h1,5-7,12-13,19,33H,8-11H2,2-3H3,(H,28,29,30)/t19-/m1/s1. The molecule has 2 aromatic heterocycles. The molecule has 0 unspecified atom stereocenters. The summed E-state index contributed by atoms with van der Waals surface area (Å²) in [5.41, 5.74) is -1.80. The largest absolute Gasteiger partial charge is 0.416 e. The third kappa shape index (κ3) is 4.13. The fraction of sp³-hybridized carbons (Fsp3) is 0.375. The molecule has 178 valence electrons. The van der Waals surface area contributed by atoms with Crippen molar-refractivity contribution < 1.29 is 23.0 Å². The molecule has 34 heavy (non-hydrogen) atoms. The van der Waals surface area contributed by atoms with Crippen LogP contribution in [0.5, 0.6) is 0 Å². The number of nitrogens with zero attached hydrogens (tertiary/aromatic N) is 3. The van der Waals surface area contributed by atoms with Crippen molar-refractivity contribution in [1.82, 2.24) is 14.5 Å². The zero-order valence-corrected chi connectivity index (χ0v) is 18.6. The van der Waals surface area contributed by atoms with Crippen LogP contribution in [0.4, 0.5) is 19.0 Å². The molecule has 2 N–H and O–H groups in total. The Bertz CT molecular complexity index is 1340. The first kappa shape index (κ1) is 23.7. The highest BCUT2D eigenvalue weighted by Gasteiger charge is 2.36. The predicted octanol–water partition coefficient (Wildman–Crippen LogP) is 3.44. The van der Waals surface area contributed by atoms with Gasteiger partial charge in [-0.25, -0.2) is 9.97 Å². The Labute approximate surface area is 193 Å². The third-order valence-corrected chi connectivity index (χ3v) is 6.27. The van der Waals surface area contributed by atoms with E-state index in [0.29, 0.717) is 24.2 Å². The molecule has 3 aromatic rings. The van der Waals surface area contributed by atoms with Gasteiger partial charge in [0.25, 0.3) is 5.56 Å². The van der Waals surface area contributed by atoms with Crippen molar-refractivity contribution in [1.29, 1.82) is 0 Å². The molecular formula is C24H23F3N4O3. The maximum atomic E-state index is 13.4. The number of halogens is 3. The molecule has 0 radical (unpaired) electrons. The molecule has 1 aliphatic rings. The van der Waals surface area contributed by atoms with Gasteiger partial charge in [0.15, 0.2) is 0 Å². The molecule has 3 heterocycles. The highest BCUT2D eigenvalue weighted by molar-refractivity contribution is 5.87. The second-order valence-corrected chi connectivity index (χ2v) is 8.29. The van der Waals surface area contributed by atoms with Crippen molar-refractivity contribution in [2.75, 3.05) is 18.5 Å². The lowest BCUT2D eigenvalue weighted by Gasteiger charge is -2.32. The Morgan fingerprint density at radius 1 is 1.29 bits per heavy atom. The molecule has 1 aliphatic heterocycles. The van der Waals surface area contributed by atoms with Crippen LogP contribution in [-0.4, -0.2) is 32.9 Å². The van der Waals surface area contributed by atoms with Crippen molar-refractivity contribution in [2.24, 2.45) is 7.05 Å². The quantitative estimate of drug-likeness (QED) is 0.566. The molecule has 0 aliphatic carbocycles. The number of hydrogen-bond acceptors (Lipinski definition) is 6. The van der Waals surface area contributed by atoms with Crippen LogP contribution in [0.1, 0.15) is 41.1 Å². The number of anilines is 1. The summed E-state index contributed by atoms with van der Waals surface area (Å²) in [6.45, 7) is 1.98. The average Bonchev–Trinajstić information content (AvgIpc) is 2.80. The van der Waals surface area contributed by atoms with Crippen molar-refractivity contribution in [3.63, 3.8) is 0 Å². The molecule has 4 rings (SSSR count). The van der Waals surface area contributed by atoms with Gasteiger partial charge in [-0.05, 0) is 30.2 Å². The molecule has 7 nitrogen and oxygen atoms in total. The lowest BCUT2D eigenvalue weighted by molar-refractivity contribution is -0.138. The fourth-order valence-electron chi connectivity index (χ4n) is 4.32. The Morgan fingerprint density at radius 2 is 2.00 bits per heavy atom. The van der Waals surface area contributed by atoms with Gasteiger partial charge in [0.2, 0.25) is 0 Å². The molecule has 0 bridgehead atoms. The zero-order valence-electron chi connectivity index (χ0n) is 18.6. The number of aliphatic hydroxyl groups is 1. The normalized spacial score (nSPS) is 16.7. The Hall–Kier alpha value is -3.42. The number of rotatable bonds is 4. The van der Waals surface area contributed by atoms with E-state index >= 15 is 0 Å². The van der Waals surface area contributed by atoms with Gasteiger partial charge in [-0.15, -0.1) is 6.42 Å². The van der Waals surface area contributed by atoms with Crippen LogP contribution >= 0.6 is 0 Å². The van der Waals surface area contributed by atoms with Crippen molar-refractivity contribution in [3.05, 3.63) is 63.2 Å². The van der Waals surface area contributed by atoms with E-state index in [2.05, 4.69) is 21.2 Å². The summed E-state index contributed by atoms with van der Waals surface area (Å²) in [7, 11) is 1.53. The number of alkyl halides is 3. The molecule has 10 heteroatoms. The SMILES string of the molecule is C#C[C@@H](Nc1ncnc2c1cc(C1(O)CCOCC1)c(=O)n2C)c1cccc(C(F)(F)F)c1C. The minimum Gasteiger partial charge on any atom is -0.385 e. The maximum Gasteiger partial charge on any atom is 0.416 e. The van der Waals surface area contributed by atoms with Crippen LogP contribution in [-0.2, 0) is 23.6 Å². The van der Waals surface area contributed by atoms with E-state index in [1.54, 1.807) is 0 Å². The lowest BCUT2D eigenvalue weighted by Crippen LogP contribution is -2.40. The number of pyridine rings is 1. The summed E-state index contributed by atoms with van der Waals surface area (Å²) in [6.07, 6.45) is 2.92. The molecule has 0 spiro atoms. The summed E-state index contributed by atoms with van der Waals surface area (Å²) in [5, 5.41) is 14.6. The molecule has 1 saturated heterocycles. The van der Waals surface area contributed by atoms with Gasteiger partial charge >= 0.3 is 6.18 Å². The van der Waals surface area contributed by atoms with Crippen LogP contribution in [0.3, 0.4) is 0 Å². The van der Waals surface area contributed by atoms with Gasteiger partial charge < -0.3 is 15.2 Å². The van der Waals surface area contributed by atoms with E-state index in [4.69, 9.17) is 11.2 Å².